The van der Waals surface area contributed by atoms with E-state index in [9.17, 15) is 4.79 Å². The number of carbonyl (C=O) groups excluding carboxylic acids is 1. The van der Waals surface area contributed by atoms with E-state index in [1.165, 1.54) is 30.3 Å². The molecule has 1 aromatic carbocycles. The first kappa shape index (κ1) is 20.7. The molecular weight excluding hydrogens is 396 g/mol. The highest BCUT2D eigenvalue weighted by molar-refractivity contribution is 7.98. The van der Waals surface area contributed by atoms with Crippen LogP contribution in [0.2, 0.25) is 0 Å². The van der Waals surface area contributed by atoms with Crippen molar-refractivity contribution in [2.75, 3.05) is 29.6 Å². The van der Waals surface area contributed by atoms with Crippen molar-refractivity contribution in [1.29, 1.82) is 0 Å². The fourth-order valence-electron chi connectivity index (χ4n) is 4.05. The zero-order valence-electron chi connectivity index (χ0n) is 18.0. The highest BCUT2D eigenvalue weighted by Gasteiger charge is 2.16. The van der Waals surface area contributed by atoms with Crippen LogP contribution in [-0.2, 0) is 11.2 Å². The van der Waals surface area contributed by atoms with Crippen LogP contribution < -0.4 is 10.2 Å². The van der Waals surface area contributed by atoms with Crippen LogP contribution >= 0.6 is 11.8 Å². The summed E-state index contributed by atoms with van der Waals surface area (Å²) in [4.78, 5) is 24.0. The predicted octanol–water partition coefficient (Wildman–Crippen LogP) is 3.94. The maximum atomic E-state index is 12.6. The van der Waals surface area contributed by atoms with Crippen LogP contribution in [0.3, 0.4) is 0 Å². The smallest absolute Gasteiger partial charge is 0.253 e. The number of hydrogen-bond acceptors (Lipinski definition) is 6. The van der Waals surface area contributed by atoms with Crippen LogP contribution in [0.1, 0.15) is 41.8 Å². The van der Waals surface area contributed by atoms with Gasteiger partial charge in [-0.2, -0.15) is 4.98 Å². The van der Waals surface area contributed by atoms with Gasteiger partial charge in [-0.3, -0.25) is 4.79 Å². The number of thioether (sulfide) groups is 1. The number of benzene rings is 1. The molecule has 1 N–H and O–H groups in total. The standard InChI is InChI=1S/C22H28N6OS/c1-14-13-17(27-11-5-6-12-27)7-9-19(14)24-20(29)10-8-18-15(2)23-21-25-22(30-4)26-28(21)16(18)3/h7,9,13H,5-6,8,10-12H2,1-4H3,(H,24,29). The van der Waals surface area contributed by atoms with Gasteiger partial charge < -0.3 is 10.2 Å². The molecule has 0 atom stereocenters. The highest BCUT2D eigenvalue weighted by Crippen LogP contribution is 2.26. The number of amides is 1. The van der Waals surface area contributed by atoms with Crippen molar-refractivity contribution in [1.82, 2.24) is 19.6 Å². The predicted molar refractivity (Wildman–Crippen MR) is 122 cm³/mol. The van der Waals surface area contributed by atoms with Gasteiger partial charge in [0.05, 0.1) is 0 Å². The van der Waals surface area contributed by atoms with Gasteiger partial charge in [-0.25, -0.2) is 9.50 Å². The Labute approximate surface area is 181 Å². The number of anilines is 2. The van der Waals surface area contributed by atoms with Gasteiger partial charge in [0.25, 0.3) is 5.78 Å². The molecule has 0 unspecified atom stereocenters. The molecule has 158 valence electrons. The molecule has 0 aliphatic carbocycles. The van der Waals surface area contributed by atoms with Gasteiger partial charge in [-0.05, 0) is 75.6 Å². The van der Waals surface area contributed by atoms with E-state index in [-0.39, 0.29) is 5.91 Å². The second-order valence-electron chi connectivity index (χ2n) is 7.81. The third-order valence-electron chi connectivity index (χ3n) is 5.77. The monoisotopic (exact) mass is 424 g/mol. The summed E-state index contributed by atoms with van der Waals surface area (Å²) < 4.78 is 1.77. The first-order chi connectivity index (χ1) is 14.5. The van der Waals surface area contributed by atoms with E-state index >= 15 is 0 Å². The van der Waals surface area contributed by atoms with E-state index in [0.717, 1.165) is 41.3 Å². The lowest BCUT2D eigenvalue weighted by atomic mass is 10.1. The highest BCUT2D eigenvalue weighted by atomic mass is 32.2. The SMILES string of the molecule is CSc1nc2nc(C)c(CCC(=O)Nc3ccc(N4CCCC4)cc3C)c(C)n2n1. The Hall–Kier alpha value is -2.61. The molecule has 0 saturated carbocycles. The number of rotatable bonds is 6. The van der Waals surface area contributed by atoms with E-state index in [4.69, 9.17) is 0 Å². The summed E-state index contributed by atoms with van der Waals surface area (Å²) in [5.74, 6) is 0.616. The molecule has 0 spiro atoms. The van der Waals surface area contributed by atoms with Crippen molar-refractivity contribution in [3.8, 4) is 0 Å². The molecule has 1 aliphatic rings. The molecule has 0 radical (unpaired) electrons. The van der Waals surface area contributed by atoms with Gasteiger partial charge in [-0.15, -0.1) is 5.10 Å². The fourth-order valence-corrected chi connectivity index (χ4v) is 4.39. The normalized spacial score (nSPS) is 13.9. The zero-order chi connectivity index (χ0) is 21.3. The number of carbonyl (C=O) groups is 1. The van der Waals surface area contributed by atoms with E-state index in [1.54, 1.807) is 4.52 Å². The van der Waals surface area contributed by atoms with Crippen molar-refractivity contribution in [3.05, 3.63) is 40.7 Å². The first-order valence-corrected chi connectivity index (χ1v) is 11.6. The van der Waals surface area contributed by atoms with Crippen LogP contribution in [0.4, 0.5) is 11.4 Å². The summed E-state index contributed by atoms with van der Waals surface area (Å²) in [7, 11) is 0. The van der Waals surface area contributed by atoms with Crippen molar-refractivity contribution in [3.63, 3.8) is 0 Å². The van der Waals surface area contributed by atoms with E-state index < -0.39 is 0 Å². The Bertz CT molecular complexity index is 1090. The number of aromatic nitrogens is 4. The van der Waals surface area contributed by atoms with Crippen LogP contribution in [0.25, 0.3) is 5.78 Å². The lowest BCUT2D eigenvalue weighted by Crippen LogP contribution is -2.18. The van der Waals surface area contributed by atoms with Crippen LogP contribution in [0.15, 0.2) is 23.4 Å². The molecule has 1 aliphatic heterocycles. The summed E-state index contributed by atoms with van der Waals surface area (Å²) in [5.41, 5.74) is 6.16. The molecule has 7 nitrogen and oxygen atoms in total. The lowest BCUT2D eigenvalue weighted by Gasteiger charge is -2.19. The van der Waals surface area contributed by atoms with Crippen LogP contribution in [0.5, 0.6) is 0 Å². The van der Waals surface area contributed by atoms with E-state index in [0.29, 0.717) is 23.8 Å². The second kappa shape index (κ2) is 8.63. The minimum Gasteiger partial charge on any atom is -0.372 e. The summed E-state index contributed by atoms with van der Waals surface area (Å²) in [6, 6.07) is 6.29. The molecule has 3 aromatic rings. The molecule has 8 heteroatoms. The molecule has 1 fully saturated rings. The first-order valence-electron chi connectivity index (χ1n) is 10.4. The summed E-state index contributed by atoms with van der Waals surface area (Å²) >= 11 is 1.49. The second-order valence-corrected chi connectivity index (χ2v) is 8.59. The molecule has 4 rings (SSSR count). The Balaban J connectivity index is 1.43. The maximum Gasteiger partial charge on any atom is 0.253 e. The maximum absolute atomic E-state index is 12.6. The molecule has 3 heterocycles. The fraction of sp³-hybridized carbons (Fsp3) is 0.455. The van der Waals surface area contributed by atoms with Gasteiger partial charge >= 0.3 is 0 Å². The quantitative estimate of drug-likeness (QED) is 0.604. The average Bonchev–Trinajstić information content (AvgIpc) is 3.39. The van der Waals surface area contributed by atoms with Crippen molar-refractivity contribution >= 4 is 34.8 Å². The van der Waals surface area contributed by atoms with Crippen molar-refractivity contribution in [2.24, 2.45) is 0 Å². The molecule has 30 heavy (non-hydrogen) atoms. The Kier molecular flexibility index (Phi) is 5.94. The molecule has 0 bridgehead atoms. The number of hydrogen-bond donors (Lipinski definition) is 1. The van der Waals surface area contributed by atoms with Crippen molar-refractivity contribution in [2.45, 2.75) is 51.6 Å². The Morgan fingerprint density at radius 3 is 2.63 bits per heavy atom. The number of nitrogens with zero attached hydrogens (tertiary/aromatic N) is 5. The summed E-state index contributed by atoms with van der Waals surface area (Å²) in [6.07, 6.45) is 5.47. The van der Waals surface area contributed by atoms with Crippen molar-refractivity contribution < 1.29 is 4.79 Å². The molecule has 2 aromatic heterocycles. The summed E-state index contributed by atoms with van der Waals surface area (Å²) in [5, 5.41) is 8.25. The molecule has 1 saturated heterocycles. The topological polar surface area (TPSA) is 75.4 Å². The van der Waals surface area contributed by atoms with Crippen LogP contribution in [-0.4, -0.2) is 44.8 Å². The summed E-state index contributed by atoms with van der Waals surface area (Å²) in [6.45, 7) is 8.26. The molecular formula is C22H28N6OS. The van der Waals surface area contributed by atoms with E-state index in [1.807, 2.05) is 26.2 Å². The number of nitrogens with one attached hydrogen (secondary N) is 1. The minimum atomic E-state index is 0.00862. The minimum absolute atomic E-state index is 0.00862. The van der Waals surface area contributed by atoms with Gasteiger partial charge in [0, 0.05) is 42.3 Å². The van der Waals surface area contributed by atoms with Gasteiger partial charge in [0.2, 0.25) is 11.1 Å². The Morgan fingerprint density at radius 2 is 1.93 bits per heavy atom. The zero-order valence-corrected chi connectivity index (χ0v) is 18.8. The number of fused-ring (bicyclic) bond motifs is 1. The molecule has 1 amide bonds. The average molecular weight is 425 g/mol. The van der Waals surface area contributed by atoms with Gasteiger partial charge in [0.15, 0.2) is 0 Å². The number of aryl methyl sites for hydroxylation is 3. The van der Waals surface area contributed by atoms with Gasteiger partial charge in [0.1, 0.15) is 0 Å². The van der Waals surface area contributed by atoms with Crippen LogP contribution in [0, 0.1) is 20.8 Å². The third-order valence-corrected chi connectivity index (χ3v) is 6.31. The third kappa shape index (κ3) is 4.14. The Morgan fingerprint density at radius 1 is 1.17 bits per heavy atom. The lowest BCUT2D eigenvalue weighted by molar-refractivity contribution is -0.116. The largest absolute Gasteiger partial charge is 0.372 e. The van der Waals surface area contributed by atoms with E-state index in [2.05, 4.69) is 44.3 Å². The van der Waals surface area contributed by atoms with Gasteiger partial charge in [-0.1, -0.05) is 11.8 Å².